The van der Waals surface area contributed by atoms with Gasteiger partial charge in [-0.05, 0) is 24.3 Å². The Bertz CT molecular complexity index is 762. The van der Waals surface area contributed by atoms with Crippen molar-refractivity contribution < 1.29 is 22.3 Å². The molecule has 2 aromatic carbocycles. The molecule has 0 atom stereocenters. The molecule has 118 valence electrons. The molecule has 0 aliphatic heterocycles. The molecular formula is C15H16FNO4S. The maximum absolute atomic E-state index is 13.6. The quantitative estimate of drug-likeness (QED) is 0.885. The van der Waals surface area contributed by atoms with Gasteiger partial charge < -0.3 is 9.47 Å². The summed E-state index contributed by atoms with van der Waals surface area (Å²) in [7, 11) is -1.01. The first-order valence-electron chi connectivity index (χ1n) is 6.43. The molecule has 0 fully saturated rings. The summed E-state index contributed by atoms with van der Waals surface area (Å²) >= 11 is 0. The Hall–Kier alpha value is -2.12. The largest absolute Gasteiger partial charge is 0.496 e. The monoisotopic (exact) mass is 325 g/mol. The normalized spacial score (nSPS) is 11.2. The number of para-hydroxylation sites is 1. The van der Waals surface area contributed by atoms with Crippen molar-refractivity contribution in [3.63, 3.8) is 0 Å². The van der Waals surface area contributed by atoms with Crippen molar-refractivity contribution in [3.8, 4) is 11.5 Å². The predicted molar refractivity (Wildman–Crippen MR) is 80.0 cm³/mol. The minimum absolute atomic E-state index is 0.0105. The van der Waals surface area contributed by atoms with E-state index in [0.717, 1.165) is 6.07 Å². The molecule has 2 rings (SSSR count). The van der Waals surface area contributed by atoms with E-state index in [9.17, 15) is 12.8 Å². The van der Waals surface area contributed by atoms with Crippen LogP contribution in [0.15, 0.2) is 47.4 Å². The van der Waals surface area contributed by atoms with Crippen molar-refractivity contribution in [2.75, 3.05) is 14.2 Å². The Morgan fingerprint density at radius 3 is 2.36 bits per heavy atom. The highest BCUT2D eigenvalue weighted by atomic mass is 32.2. The molecular weight excluding hydrogens is 309 g/mol. The predicted octanol–water partition coefficient (Wildman–Crippen LogP) is 2.32. The van der Waals surface area contributed by atoms with Gasteiger partial charge in [-0.3, -0.25) is 0 Å². The number of sulfonamides is 1. The van der Waals surface area contributed by atoms with Gasteiger partial charge in [0.1, 0.15) is 5.75 Å². The molecule has 5 nitrogen and oxygen atoms in total. The van der Waals surface area contributed by atoms with Gasteiger partial charge in [0.25, 0.3) is 0 Å². The molecule has 0 spiro atoms. The van der Waals surface area contributed by atoms with E-state index in [1.807, 2.05) is 0 Å². The second-order valence-corrected chi connectivity index (χ2v) is 6.20. The van der Waals surface area contributed by atoms with Crippen LogP contribution in [0.3, 0.4) is 0 Å². The number of hydrogen-bond acceptors (Lipinski definition) is 4. The minimum Gasteiger partial charge on any atom is -0.496 e. The summed E-state index contributed by atoms with van der Waals surface area (Å²) in [4.78, 5) is -0.166. The van der Waals surface area contributed by atoms with E-state index in [4.69, 9.17) is 9.47 Å². The molecule has 0 amide bonds. The standard InChI is InChI=1S/C15H16FNO4S/c1-20-14-6-4-3-5-11(14)10-17-22(18,19)12-7-8-15(21-2)13(16)9-12/h3-9,17H,10H2,1-2H3. The van der Waals surface area contributed by atoms with Crippen LogP contribution in [-0.4, -0.2) is 22.6 Å². The van der Waals surface area contributed by atoms with Gasteiger partial charge in [0, 0.05) is 12.1 Å². The molecule has 0 aliphatic carbocycles. The van der Waals surface area contributed by atoms with Crippen LogP contribution >= 0.6 is 0 Å². The van der Waals surface area contributed by atoms with Gasteiger partial charge in [0.05, 0.1) is 19.1 Å². The van der Waals surface area contributed by atoms with Gasteiger partial charge in [0.15, 0.2) is 11.6 Å². The minimum atomic E-state index is -3.83. The lowest BCUT2D eigenvalue weighted by atomic mass is 10.2. The van der Waals surface area contributed by atoms with Crippen LogP contribution < -0.4 is 14.2 Å². The molecule has 0 aromatic heterocycles. The van der Waals surface area contributed by atoms with Crippen LogP contribution in [0.4, 0.5) is 4.39 Å². The highest BCUT2D eigenvalue weighted by Crippen LogP contribution is 2.21. The third-order valence-electron chi connectivity index (χ3n) is 3.08. The molecule has 7 heteroatoms. The van der Waals surface area contributed by atoms with Crippen molar-refractivity contribution >= 4 is 10.0 Å². The number of hydrogen-bond donors (Lipinski definition) is 1. The first-order chi connectivity index (χ1) is 10.5. The number of benzene rings is 2. The molecule has 0 heterocycles. The Morgan fingerprint density at radius 2 is 1.73 bits per heavy atom. The van der Waals surface area contributed by atoms with Crippen LogP contribution in [0.5, 0.6) is 11.5 Å². The van der Waals surface area contributed by atoms with Crippen LogP contribution in [0.25, 0.3) is 0 Å². The van der Waals surface area contributed by atoms with Crippen LogP contribution in [0.2, 0.25) is 0 Å². The van der Waals surface area contributed by atoms with Gasteiger partial charge >= 0.3 is 0 Å². The van der Waals surface area contributed by atoms with Crippen LogP contribution in [-0.2, 0) is 16.6 Å². The van der Waals surface area contributed by atoms with Crippen molar-refractivity contribution in [1.29, 1.82) is 0 Å². The molecule has 0 saturated heterocycles. The molecule has 0 bridgehead atoms. The van der Waals surface area contributed by atoms with Crippen LogP contribution in [0.1, 0.15) is 5.56 Å². The summed E-state index contributed by atoms with van der Waals surface area (Å²) in [6.07, 6.45) is 0. The van der Waals surface area contributed by atoms with E-state index in [1.165, 1.54) is 26.4 Å². The van der Waals surface area contributed by atoms with Crippen molar-refractivity contribution in [1.82, 2.24) is 4.72 Å². The second kappa shape index (κ2) is 6.76. The summed E-state index contributed by atoms with van der Waals surface area (Å²) < 4.78 is 50.4. The third kappa shape index (κ3) is 3.55. The van der Waals surface area contributed by atoms with Crippen molar-refractivity contribution in [3.05, 3.63) is 53.8 Å². The fourth-order valence-corrected chi connectivity index (χ4v) is 2.94. The lowest BCUT2D eigenvalue weighted by Gasteiger charge is -2.11. The molecule has 0 radical (unpaired) electrons. The Kier molecular flexibility index (Phi) is 4.99. The van der Waals surface area contributed by atoms with E-state index < -0.39 is 15.8 Å². The topological polar surface area (TPSA) is 64.6 Å². The van der Waals surface area contributed by atoms with Gasteiger partial charge in [-0.25, -0.2) is 17.5 Å². The lowest BCUT2D eigenvalue weighted by Crippen LogP contribution is -2.23. The molecule has 22 heavy (non-hydrogen) atoms. The fourth-order valence-electron chi connectivity index (χ4n) is 1.92. The third-order valence-corrected chi connectivity index (χ3v) is 4.48. The van der Waals surface area contributed by atoms with E-state index in [1.54, 1.807) is 24.3 Å². The second-order valence-electron chi connectivity index (χ2n) is 4.43. The summed E-state index contributed by atoms with van der Waals surface area (Å²) in [6.45, 7) is 0.0417. The average molecular weight is 325 g/mol. The zero-order valence-electron chi connectivity index (χ0n) is 12.2. The molecule has 2 aromatic rings. The molecule has 1 N–H and O–H groups in total. The van der Waals surface area contributed by atoms with E-state index in [0.29, 0.717) is 11.3 Å². The van der Waals surface area contributed by atoms with E-state index >= 15 is 0 Å². The number of methoxy groups -OCH3 is 2. The van der Waals surface area contributed by atoms with Gasteiger partial charge in [-0.2, -0.15) is 0 Å². The molecule has 0 unspecified atom stereocenters. The van der Waals surface area contributed by atoms with Crippen molar-refractivity contribution in [2.45, 2.75) is 11.4 Å². The van der Waals surface area contributed by atoms with Gasteiger partial charge in [-0.15, -0.1) is 0 Å². The summed E-state index contributed by atoms with van der Waals surface area (Å²) in [5.41, 5.74) is 0.683. The zero-order chi connectivity index (χ0) is 16.2. The highest BCUT2D eigenvalue weighted by molar-refractivity contribution is 7.89. The maximum atomic E-state index is 13.6. The Morgan fingerprint density at radius 1 is 1.05 bits per heavy atom. The Labute approximate surface area is 128 Å². The van der Waals surface area contributed by atoms with Gasteiger partial charge in [-0.1, -0.05) is 18.2 Å². The Balaban J connectivity index is 2.19. The average Bonchev–Trinajstić information content (AvgIpc) is 2.53. The lowest BCUT2D eigenvalue weighted by molar-refractivity contribution is 0.385. The first-order valence-corrected chi connectivity index (χ1v) is 7.91. The number of nitrogens with one attached hydrogen (secondary N) is 1. The first kappa shape index (κ1) is 16.3. The highest BCUT2D eigenvalue weighted by Gasteiger charge is 2.17. The summed E-state index contributed by atoms with van der Waals surface area (Å²) in [6, 6.07) is 10.5. The SMILES string of the molecule is COc1ccc(S(=O)(=O)NCc2ccccc2OC)cc1F. The number of halogens is 1. The fraction of sp³-hybridized carbons (Fsp3) is 0.200. The van der Waals surface area contributed by atoms with Crippen LogP contribution in [0, 0.1) is 5.82 Å². The summed E-state index contributed by atoms with van der Waals surface area (Å²) in [5, 5.41) is 0. The molecule has 0 saturated carbocycles. The van der Waals surface area contributed by atoms with Crippen molar-refractivity contribution in [2.24, 2.45) is 0 Å². The molecule has 0 aliphatic rings. The zero-order valence-corrected chi connectivity index (χ0v) is 13.0. The smallest absolute Gasteiger partial charge is 0.240 e. The van der Waals surface area contributed by atoms with Gasteiger partial charge in [0.2, 0.25) is 10.0 Å². The number of rotatable bonds is 6. The van der Waals surface area contributed by atoms with E-state index in [2.05, 4.69) is 4.72 Å². The number of ether oxygens (including phenoxy) is 2. The van der Waals surface area contributed by atoms with E-state index in [-0.39, 0.29) is 17.2 Å². The maximum Gasteiger partial charge on any atom is 0.240 e. The summed E-state index contributed by atoms with van der Waals surface area (Å²) in [5.74, 6) is -0.169.